The molecule has 1 aromatic heterocycles. The lowest BCUT2D eigenvalue weighted by molar-refractivity contribution is 0.602. The summed E-state index contributed by atoms with van der Waals surface area (Å²) in [4.78, 5) is 4.08. The number of nitrogens with zero attached hydrogens (tertiary/aromatic N) is 1. The first-order chi connectivity index (χ1) is 6.66. The van der Waals surface area contributed by atoms with Gasteiger partial charge in [-0.15, -0.1) is 0 Å². The van der Waals surface area contributed by atoms with E-state index in [2.05, 4.69) is 10.3 Å². The van der Waals surface area contributed by atoms with E-state index >= 15 is 0 Å². The highest BCUT2D eigenvalue weighted by Gasteiger charge is 2.27. The molecule has 14 heavy (non-hydrogen) atoms. The van der Waals surface area contributed by atoms with E-state index in [1.807, 2.05) is 18.2 Å². The Balaban J connectivity index is 2.01. The Morgan fingerprint density at radius 1 is 1.43 bits per heavy atom. The van der Waals surface area contributed by atoms with Crippen LogP contribution in [0.5, 0.6) is 0 Å². The predicted octanol–water partition coefficient (Wildman–Crippen LogP) is 0.681. The van der Waals surface area contributed by atoms with Crippen molar-refractivity contribution >= 4 is 15.7 Å². The van der Waals surface area contributed by atoms with E-state index in [0.717, 1.165) is 5.82 Å². The fraction of sp³-hybridized carbons (Fsp3) is 0.444. The molecule has 1 saturated heterocycles. The van der Waals surface area contributed by atoms with Crippen LogP contribution in [0.3, 0.4) is 0 Å². The second kappa shape index (κ2) is 3.57. The van der Waals surface area contributed by atoms with Crippen LogP contribution in [0, 0.1) is 0 Å². The van der Waals surface area contributed by atoms with Gasteiger partial charge in [-0.3, -0.25) is 0 Å². The number of pyridine rings is 1. The number of sulfone groups is 1. The van der Waals surface area contributed by atoms with Gasteiger partial charge in [-0.2, -0.15) is 0 Å². The van der Waals surface area contributed by atoms with Crippen LogP contribution in [-0.2, 0) is 9.84 Å². The molecule has 5 heteroatoms. The molecule has 2 rings (SSSR count). The van der Waals surface area contributed by atoms with Crippen LogP contribution in [0.2, 0.25) is 0 Å². The lowest BCUT2D eigenvalue weighted by Gasteiger charge is -2.10. The van der Waals surface area contributed by atoms with Gasteiger partial charge in [0.15, 0.2) is 9.84 Å². The van der Waals surface area contributed by atoms with Gasteiger partial charge in [-0.1, -0.05) is 6.07 Å². The summed E-state index contributed by atoms with van der Waals surface area (Å²) in [5.74, 6) is 1.26. The summed E-state index contributed by atoms with van der Waals surface area (Å²) in [5.41, 5.74) is 0. The number of anilines is 1. The molecule has 1 fully saturated rings. The minimum Gasteiger partial charge on any atom is -0.366 e. The lowest BCUT2D eigenvalue weighted by atomic mass is 10.2. The largest absolute Gasteiger partial charge is 0.366 e. The SMILES string of the molecule is O=S1(=O)CC[C@@H](Nc2ccccn2)C1. The summed E-state index contributed by atoms with van der Waals surface area (Å²) in [6.07, 6.45) is 2.37. The lowest BCUT2D eigenvalue weighted by Crippen LogP contribution is -2.20. The van der Waals surface area contributed by atoms with Gasteiger partial charge in [0.25, 0.3) is 0 Å². The zero-order valence-electron chi connectivity index (χ0n) is 7.68. The summed E-state index contributed by atoms with van der Waals surface area (Å²) in [7, 11) is -2.81. The highest BCUT2D eigenvalue weighted by atomic mass is 32.2. The van der Waals surface area contributed by atoms with Gasteiger partial charge in [0.2, 0.25) is 0 Å². The zero-order valence-corrected chi connectivity index (χ0v) is 8.50. The van der Waals surface area contributed by atoms with E-state index in [-0.39, 0.29) is 17.5 Å². The normalized spacial score (nSPS) is 24.7. The summed E-state index contributed by atoms with van der Waals surface area (Å²) >= 11 is 0. The van der Waals surface area contributed by atoms with Crippen molar-refractivity contribution in [1.82, 2.24) is 4.98 Å². The van der Waals surface area contributed by atoms with Crippen molar-refractivity contribution < 1.29 is 8.42 Å². The maximum absolute atomic E-state index is 11.2. The Labute approximate surface area is 83.3 Å². The number of rotatable bonds is 2. The van der Waals surface area contributed by atoms with Crippen LogP contribution in [0.4, 0.5) is 5.82 Å². The molecule has 4 nitrogen and oxygen atoms in total. The maximum atomic E-state index is 11.2. The van der Waals surface area contributed by atoms with Crippen molar-refractivity contribution in [2.45, 2.75) is 12.5 Å². The summed E-state index contributed by atoms with van der Waals surface area (Å²) in [6.45, 7) is 0. The number of nitrogens with one attached hydrogen (secondary N) is 1. The quantitative estimate of drug-likeness (QED) is 0.783. The molecule has 1 aromatic rings. The third-order valence-corrected chi connectivity index (χ3v) is 4.02. The van der Waals surface area contributed by atoms with Gasteiger partial charge >= 0.3 is 0 Å². The minimum atomic E-state index is -2.81. The monoisotopic (exact) mass is 212 g/mol. The Bertz CT molecular complexity index is 402. The standard InChI is InChI=1S/C9H12N2O2S/c12-14(13)6-4-8(7-14)11-9-3-1-2-5-10-9/h1-3,5,8H,4,6-7H2,(H,10,11)/t8-/m1/s1. The van der Waals surface area contributed by atoms with Crippen molar-refractivity contribution in [3.63, 3.8) is 0 Å². The van der Waals surface area contributed by atoms with Crippen molar-refractivity contribution in [1.29, 1.82) is 0 Å². The minimum absolute atomic E-state index is 0.0231. The first kappa shape index (κ1) is 9.45. The molecule has 0 amide bonds. The molecule has 0 aromatic carbocycles. The number of aromatic nitrogens is 1. The van der Waals surface area contributed by atoms with E-state index in [1.54, 1.807) is 6.20 Å². The third kappa shape index (κ3) is 2.23. The Morgan fingerprint density at radius 3 is 2.86 bits per heavy atom. The number of hydrogen-bond donors (Lipinski definition) is 1. The molecule has 0 bridgehead atoms. The molecule has 1 atom stereocenters. The molecule has 0 spiro atoms. The summed E-state index contributed by atoms with van der Waals surface area (Å²) < 4.78 is 22.3. The van der Waals surface area contributed by atoms with Crippen LogP contribution < -0.4 is 5.32 Å². The third-order valence-electron chi connectivity index (χ3n) is 2.25. The van der Waals surface area contributed by atoms with Crippen molar-refractivity contribution in [2.24, 2.45) is 0 Å². The van der Waals surface area contributed by atoms with E-state index in [0.29, 0.717) is 6.42 Å². The Kier molecular flexibility index (Phi) is 2.41. The molecule has 0 radical (unpaired) electrons. The van der Waals surface area contributed by atoms with E-state index in [4.69, 9.17) is 0 Å². The molecule has 0 saturated carbocycles. The Hall–Kier alpha value is -1.10. The van der Waals surface area contributed by atoms with E-state index in [1.165, 1.54) is 0 Å². The van der Waals surface area contributed by atoms with E-state index < -0.39 is 9.84 Å². The van der Waals surface area contributed by atoms with E-state index in [9.17, 15) is 8.42 Å². The fourth-order valence-corrected chi connectivity index (χ4v) is 3.24. The average Bonchev–Trinajstić information content (AvgIpc) is 2.47. The number of hydrogen-bond acceptors (Lipinski definition) is 4. The molecule has 0 aliphatic carbocycles. The molecule has 2 heterocycles. The molecular weight excluding hydrogens is 200 g/mol. The molecular formula is C9H12N2O2S. The first-order valence-electron chi connectivity index (χ1n) is 4.54. The first-order valence-corrected chi connectivity index (χ1v) is 6.36. The van der Waals surface area contributed by atoms with Gasteiger partial charge in [-0.25, -0.2) is 13.4 Å². The van der Waals surface area contributed by atoms with Gasteiger partial charge in [-0.05, 0) is 18.6 Å². The van der Waals surface area contributed by atoms with Crippen LogP contribution in [0.25, 0.3) is 0 Å². The smallest absolute Gasteiger partial charge is 0.152 e. The van der Waals surface area contributed by atoms with Crippen LogP contribution in [0.15, 0.2) is 24.4 Å². The highest BCUT2D eigenvalue weighted by molar-refractivity contribution is 7.91. The topological polar surface area (TPSA) is 59.1 Å². The zero-order chi connectivity index (χ0) is 10.0. The van der Waals surface area contributed by atoms with Crippen LogP contribution in [0.1, 0.15) is 6.42 Å². The second-order valence-corrected chi connectivity index (χ2v) is 5.69. The van der Waals surface area contributed by atoms with Gasteiger partial charge in [0, 0.05) is 12.2 Å². The van der Waals surface area contributed by atoms with Crippen molar-refractivity contribution in [3.05, 3.63) is 24.4 Å². The van der Waals surface area contributed by atoms with Gasteiger partial charge in [0.05, 0.1) is 11.5 Å². The molecule has 1 N–H and O–H groups in total. The highest BCUT2D eigenvalue weighted by Crippen LogP contribution is 2.15. The van der Waals surface area contributed by atoms with Crippen LogP contribution in [-0.4, -0.2) is 30.9 Å². The predicted molar refractivity (Wildman–Crippen MR) is 54.9 cm³/mol. The summed E-state index contributed by atoms with van der Waals surface area (Å²) in [6, 6.07) is 5.57. The maximum Gasteiger partial charge on any atom is 0.152 e. The average molecular weight is 212 g/mol. The van der Waals surface area contributed by atoms with Crippen molar-refractivity contribution in [2.75, 3.05) is 16.8 Å². The fourth-order valence-electron chi connectivity index (χ4n) is 1.57. The van der Waals surface area contributed by atoms with Gasteiger partial charge < -0.3 is 5.32 Å². The van der Waals surface area contributed by atoms with Gasteiger partial charge in [0.1, 0.15) is 5.82 Å². The molecule has 76 valence electrons. The molecule has 0 unspecified atom stereocenters. The molecule has 1 aliphatic heterocycles. The molecule has 1 aliphatic rings. The van der Waals surface area contributed by atoms with Crippen LogP contribution >= 0.6 is 0 Å². The summed E-state index contributed by atoms with van der Waals surface area (Å²) in [5, 5.41) is 3.11. The van der Waals surface area contributed by atoms with Crippen molar-refractivity contribution in [3.8, 4) is 0 Å². The second-order valence-electron chi connectivity index (χ2n) is 3.46. The Morgan fingerprint density at radius 2 is 2.29 bits per heavy atom.